The van der Waals surface area contributed by atoms with Crippen molar-refractivity contribution in [3.63, 3.8) is 0 Å². The maximum absolute atomic E-state index is 14.8. The van der Waals surface area contributed by atoms with E-state index in [0.717, 1.165) is 43.2 Å². The molecule has 3 atom stereocenters. The number of carbonyl (C=O) groups excluding carboxylic acids is 2. The summed E-state index contributed by atoms with van der Waals surface area (Å²) in [5.74, 6) is 6.89. The van der Waals surface area contributed by atoms with Crippen LogP contribution in [-0.2, 0) is 16.0 Å². The number of aromatic nitrogens is 2. The zero-order valence-corrected chi connectivity index (χ0v) is 23.8. The molecular formula is C34H37FN2O3. The standard InChI is InChI=1S/C34H37FN2O3/c1-21-13-24(17-32(39)40-34(2,3)4)15-25(14-21)27-11-12-36-20-26(27)18-31(38)28-9-10-30(35)29-16-23(19-37-33(28)29)8-7-22-5-6-22/h9-12,16,19-22,24-25H,5-6,13-15,17-18H2,1-4H3/t21-,24+,25-/m1/s1. The molecule has 0 N–H and O–H groups in total. The van der Waals surface area contributed by atoms with E-state index in [-0.39, 0.29) is 30.0 Å². The van der Waals surface area contributed by atoms with Crippen molar-refractivity contribution < 1.29 is 18.7 Å². The summed E-state index contributed by atoms with van der Waals surface area (Å²) in [5.41, 5.74) is 2.88. The first-order valence-electron chi connectivity index (χ1n) is 14.3. The Morgan fingerprint density at radius 3 is 2.65 bits per heavy atom. The Bertz CT molecular complexity index is 1490. The van der Waals surface area contributed by atoms with E-state index in [9.17, 15) is 14.0 Å². The molecule has 5 rings (SSSR count). The Labute approximate surface area is 235 Å². The molecule has 0 saturated heterocycles. The third-order valence-electron chi connectivity index (χ3n) is 7.74. The SMILES string of the molecule is C[C@@H]1C[C@H](CC(=O)OC(C)(C)C)C[C@H](c2ccncc2CC(=O)c2ccc(F)c3cc(C#CC4CC4)cnc23)C1. The van der Waals surface area contributed by atoms with E-state index in [4.69, 9.17) is 4.74 Å². The molecule has 0 amide bonds. The monoisotopic (exact) mass is 540 g/mol. The van der Waals surface area contributed by atoms with Crippen molar-refractivity contribution in [3.8, 4) is 11.8 Å². The van der Waals surface area contributed by atoms with Crippen LogP contribution in [-0.4, -0.2) is 27.3 Å². The maximum atomic E-state index is 14.8. The van der Waals surface area contributed by atoms with Crippen molar-refractivity contribution in [3.05, 3.63) is 70.9 Å². The van der Waals surface area contributed by atoms with Crippen LogP contribution in [0.15, 0.2) is 42.9 Å². The van der Waals surface area contributed by atoms with Gasteiger partial charge in [-0.2, -0.15) is 0 Å². The molecule has 1 aromatic carbocycles. The van der Waals surface area contributed by atoms with Crippen LogP contribution in [0.1, 0.15) is 99.2 Å². The van der Waals surface area contributed by atoms with Crippen LogP contribution in [0.2, 0.25) is 0 Å². The predicted octanol–water partition coefficient (Wildman–Crippen LogP) is 7.21. The first-order valence-corrected chi connectivity index (χ1v) is 14.3. The smallest absolute Gasteiger partial charge is 0.306 e. The molecule has 2 saturated carbocycles. The number of halogens is 1. The molecule has 0 unspecified atom stereocenters. The van der Waals surface area contributed by atoms with Gasteiger partial charge in [0.2, 0.25) is 0 Å². The molecule has 40 heavy (non-hydrogen) atoms. The van der Waals surface area contributed by atoms with E-state index in [2.05, 4.69) is 28.7 Å². The van der Waals surface area contributed by atoms with Crippen molar-refractivity contribution in [2.45, 2.75) is 84.2 Å². The molecule has 2 fully saturated rings. The van der Waals surface area contributed by atoms with Crippen LogP contribution in [0.4, 0.5) is 4.39 Å². The minimum Gasteiger partial charge on any atom is -0.460 e. The zero-order chi connectivity index (χ0) is 28.4. The highest BCUT2D eigenvalue weighted by molar-refractivity contribution is 6.07. The number of Topliss-reactive ketones (excluding diaryl/α,β-unsaturated/α-hetero) is 1. The lowest BCUT2D eigenvalue weighted by atomic mass is 9.71. The number of benzene rings is 1. The van der Waals surface area contributed by atoms with Crippen LogP contribution in [0.25, 0.3) is 10.9 Å². The Morgan fingerprint density at radius 1 is 1.10 bits per heavy atom. The number of hydrogen-bond donors (Lipinski definition) is 0. The topological polar surface area (TPSA) is 69.2 Å². The Balaban J connectivity index is 1.36. The molecule has 0 aliphatic heterocycles. The number of ketones is 1. The lowest BCUT2D eigenvalue weighted by Crippen LogP contribution is -2.28. The Hall–Kier alpha value is -3.59. The number of hydrogen-bond acceptors (Lipinski definition) is 5. The number of esters is 1. The Kier molecular flexibility index (Phi) is 8.03. The summed E-state index contributed by atoms with van der Waals surface area (Å²) in [6.07, 6.45) is 10.8. The van der Waals surface area contributed by atoms with Gasteiger partial charge in [0.25, 0.3) is 0 Å². The van der Waals surface area contributed by atoms with Gasteiger partial charge in [0.15, 0.2) is 5.78 Å². The largest absolute Gasteiger partial charge is 0.460 e. The molecule has 5 nitrogen and oxygen atoms in total. The highest BCUT2D eigenvalue weighted by Gasteiger charge is 2.32. The minimum absolute atomic E-state index is 0.127. The first kappa shape index (κ1) is 28.0. The fourth-order valence-corrected chi connectivity index (χ4v) is 5.93. The summed E-state index contributed by atoms with van der Waals surface area (Å²) in [6, 6.07) is 6.55. The summed E-state index contributed by atoms with van der Waals surface area (Å²) in [4.78, 5) is 34.9. The van der Waals surface area contributed by atoms with E-state index in [1.54, 1.807) is 24.7 Å². The van der Waals surface area contributed by atoms with E-state index in [1.807, 2.05) is 26.8 Å². The molecule has 6 heteroatoms. The van der Waals surface area contributed by atoms with Crippen molar-refractivity contribution in [1.29, 1.82) is 0 Å². The predicted molar refractivity (Wildman–Crippen MR) is 153 cm³/mol. The molecule has 0 bridgehead atoms. The van der Waals surface area contributed by atoms with Gasteiger partial charge < -0.3 is 4.74 Å². The quantitative estimate of drug-likeness (QED) is 0.188. The second kappa shape index (κ2) is 11.5. The number of nitrogens with zero attached hydrogens (tertiary/aromatic N) is 2. The van der Waals surface area contributed by atoms with E-state index < -0.39 is 11.4 Å². The average Bonchev–Trinajstić information content (AvgIpc) is 3.71. The molecule has 2 heterocycles. The number of pyridine rings is 2. The number of carbonyl (C=O) groups is 2. The molecule has 2 aliphatic carbocycles. The highest BCUT2D eigenvalue weighted by Crippen LogP contribution is 2.42. The average molecular weight is 541 g/mol. The van der Waals surface area contributed by atoms with Gasteiger partial charge in [0.1, 0.15) is 11.4 Å². The van der Waals surface area contributed by atoms with E-state index in [0.29, 0.717) is 40.3 Å². The van der Waals surface area contributed by atoms with Gasteiger partial charge in [-0.05, 0) is 106 Å². The summed E-state index contributed by atoms with van der Waals surface area (Å²) in [6.45, 7) is 7.89. The lowest BCUT2D eigenvalue weighted by Gasteiger charge is -2.34. The fourth-order valence-electron chi connectivity index (χ4n) is 5.93. The third kappa shape index (κ3) is 6.94. The molecule has 3 aromatic rings. The second-order valence-corrected chi connectivity index (χ2v) is 12.6. The molecule has 0 radical (unpaired) electrons. The summed E-state index contributed by atoms with van der Waals surface area (Å²) in [7, 11) is 0. The van der Waals surface area contributed by atoms with Gasteiger partial charge in [-0.1, -0.05) is 18.8 Å². The molecular weight excluding hydrogens is 503 g/mol. The van der Waals surface area contributed by atoms with Crippen LogP contribution in [0.5, 0.6) is 0 Å². The molecule has 208 valence electrons. The van der Waals surface area contributed by atoms with Gasteiger partial charge in [0, 0.05) is 53.9 Å². The van der Waals surface area contributed by atoms with Crippen LogP contribution < -0.4 is 0 Å². The molecule has 0 spiro atoms. The van der Waals surface area contributed by atoms with Crippen LogP contribution in [0, 0.1) is 35.4 Å². The van der Waals surface area contributed by atoms with Crippen LogP contribution in [0.3, 0.4) is 0 Å². The van der Waals surface area contributed by atoms with E-state index in [1.165, 1.54) is 12.1 Å². The molecule has 2 aromatic heterocycles. The highest BCUT2D eigenvalue weighted by atomic mass is 19.1. The summed E-state index contributed by atoms with van der Waals surface area (Å²) in [5, 5.41) is 0.311. The van der Waals surface area contributed by atoms with Crippen molar-refractivity contribution in [1.82, 2.24) is 9.97 Å². The van der Waals surface area contributed by atoms with E-state index >= 15 is 0 Å². The van der Waals surface area contributed by atoms with Gasteiger partial charge in [-0.15, -0.1) is 0 Å². The van der Waals surface area contributed by atoms with Crippen molar-refractivity contribution in [2.24, 2.45) is 17.8 Å². The maximum Gasteiger partial charge on any atom is 0.306 e. The van der Waals surface area contributed by atoms with Gasteiger partial charge in [-0.25, -0.2) is 4.39 Å². The number of fused-ring (bicyclic) bond motifs is 1. The number of rotatable bonds is 6. The first-order chi connectivity index (χ1) is 19.1. The second-order valence-electron chi connectivity index (χ2n) is 12.6. The van der Waals surface area contributed by atoms with Gasteiger partial charge in [0.05, 0.1) is 5.52 Å². The number of ether oxygens (including phenoxy) is 1. The fraction of sp³-hybridized carbons (Fsp3) is 0.471. The summed E-state index contributed by atoms with van der Waals surface area (Å²) < 4.78 is 20.4. The zero-order valence-electron chi connectivity index (χ0n) is 23.8. The molecule has 2 aliphatic rings. The lowest BCUT2D eigenvalue weighted by molar-refractivity contribution is -0.156. The summed E-state index contributed by atoms with van der Waals surface area (Å²) >= 11 is 0. The minimum atomic E-state index is -0.500. The normalized spacial score (nSPS) is 21.0. The Morgan fingerprint density at radius 2 is 1.90 bits per heavy atom. The van der Waals surface area contributed by atoms with Gasteiger partial charge in [-0.3, -0.25) is 19.6 Å². The van der Waals surface area contributed by atoms with Crippen molar-refractivity contribution in [2.75, 3.05) is 0 Å². The van der Waals surface area contributed by atoms with Crippen molar-refractivity contribution >= 4 is 22.7 Å². The van der Waals surface area contributed by atoms with Gasteiger partial charge >= 0.3 is 5.97 Å². The van der Waals surface area contributed by atoms with Crippen LogP contribution >= 0.6 is 0 Å². The third-order valence-corrected chi connectivity index (χ3v) is 7.74.